The van der Waals surface area contributed by atoms with Gasteiger partial charge in [0.25, 0.3) is 5.91 Å². The highest BCUT2D eigenvalue weighted by Crippen LogP contribution is 2.32. The minimum absolute atomic E-state index is 0.132. The summed E-state index contributed by atoms with van der Waals surface area (Å²) in [5.74, 6) is 0.344. The van der Waals surface area contributed by atoms with Crippen LogP contribution in [0.1, 0.15) is 22.3 Å². The topological polar surface area (TPSA) is 53.5 Å². The maximum absolute atomic E-state index is 12.6. The van der Waals surface area contributed by atoms with Crippen LogP contribution in [0.5, 0.6) is 0 Å². The van der Waals surface area contributed by atoms with Crippen molar-refractivity contribution in [3.8, 4) is 0 Å². The molecule has 0 bridgehead atoms. The zero-order valence-corrected chi connectivity index (χ0v) is 14.8. The quantitative estimate of drug-likeness (QED) is 0.760. The average molecular weight is 383 g/mol. The Bertz CT molecular complexity index is 821. The van der Waals surface area contributed by atoms with Crippen LogP contribution in [0.4, 0.5) is 5.69 Å². The van der Waals surface area contributed by atoms with E-state index in [1.165, 1.54) is 0 Å². The molecule has 0 saturated carbocycles. The highest BCUT2D eigenvalue weighted by atomic mass is 35.5. The first-order valence-corrected chi connectivity index (χ1v) is 8.54. The lowest BCUT2D eigenvalue weighted by atomic mass is 10.1. The van der Waals surface area contributed by atoms with Crippen molar-refractivity contribution in [2.24, 2.45) is 4.99 Å². The van der Waals surface area contributed by atoms with Crippen LogP contribution in [-0.4, -0.2) is 24.8 Å². The summed E-state index contributed by atoms with van der Waals surface area (Å²) in [4.78, 5) is 17.1. The van der Waals surface area contributed by atoms with Crippen molar-refractivity contribution >= 4 is 52.2 Å². The predicted octanol–water partition coefficient (Wildman–Crippen LogP) is 4.64. The standard InChI is InChI=1S/C17H14Cl3N3O/c18-11-6-7-12(19)15(20)14(11)17(24)23-13-5-2-1-4-10(13)16-21-8-3-9-22-16/h1-2,4-7H,3,8-9H2,(H,21,22)(H,23,24). The molecule has 2 aromatic rings. The summed E-state index contributed by atoms with van der Waals surface area (Å²) in [6, 6.07) is 10.5. The number of benzene rings is 2. The van der Waals surface area contributed by atoms with Gasteiger partial charge in [0.1, 0.15) is 5.84 Å². The molecule has 4 nitrogen and oxygen atoms in total. The molecular weight excluding hydrogens is 369 g/mol. The van der Waals surface area contributed by atoms with Crippen LogP contribution in [0.15, 0.2) is 41.4 Å². The summed E-state index contributed by atoms with van der Waals surface area (Å²) in [6.45, 7) is 1.61. The van der Waals surface area contributed by atoms with Crippen LogP contribution in [0.25, 0.3) is 0 Å². The zero-order valence-electron chi connectivity index (χ0n) is 12.6. The Morgan fingerprint density at radius 1 is 1.08 bits per heavy atom. The lowest BCUT2D eigenvalue weighted by Gasteiger charge is -2.18. The monoisotopic (exact) mass is 381 g/mol. The number of hydrogen-bond donors (Lipinski definition) is 2. The third-order valence-electron chi connectivity index (χ3n) is 3.60. The molecule has 0 fully saturated rings. The van der Waals surface area contributed by atoms with E-state index in [2.05, 4.69) is 15.6 Å². The second kappa shape index (κ2) is 7.43. The third kappa shape index (κ3) is 3.51. The fraction of sp³-hybridized carbons (Fsp3) is 0.176. The third-order valence-corrected chi connectivity index (χ3v) is 4.72. The molecule has 0 spiro atoms. The van der Waals surface area contributed by atoms with Crippen molar-refractivity contribution < 1.29 is 4.79 Å². The van der Waals surface area contributed by atoms with Gasteiger partial charge in [-0.3, -0.25) is 9.79 Å². The van der Waals surface area contributed by atoms with E-state index in [1.54, 1.807) is 18.2 Å². The molecule has 1 aliphatic rings. The minimum atomic E-state index is -0.420. The van der Waals surface area contributed by atoms with Crippen molar-refractivity contribution in [2.75, 3.05) is 18.4 Å². The van der Waals surface area contributed by atoms with Gasteiger partial charge in [-0.15, -0.1) is 0 Å². The number of hydrogen-bond acceptors (Lipinski definition) is 3. The number of halogens is 3. The van der Waals surface area contributed by atoms with Crippen LogP contribution >= 0.6 is 34.8 Å². The molecule has 2 aromatic carbocycles. The van der Waals surface area contributed by atoms with Gasteiger partial charge in [-0.25, -0.2) is 0 Å². The van der Waals surface area contributed by atoms with Gasteiger partial charge in [0.05, 0.1) is 26.3 Å². The summed E-state index contributed by atoms with van der Waals surface area (Å²) in [7, 11) is 0. The van der Waals surface area contributed by atoms with Gasteiger partial charge in [0, 0.05) is 18.7 Å². The molecule has 0 radical (unpaired) electrons. The Morgan fingerprint density at radius 3 is 2.58 bits per heavy atom. The Balaban J connectivity index is 1.94. The van der Waals surface area contributed by atoms with Crippen molar-refractivity contribution in [3.63, 3.8) is 0 Å². The number of rotatable bonds is 3. The maximum atomic E-state index is 12.6. The number of carbonyl (C=O) groups excluding carboxylic acids is 1. The second-order valence-corrected chi connectivity index (χ2v) is 6.42. The first-order valence-electron chi connectivity index (χ1n) is 7.40. The molecule has 0 unspecified atom stereocenters. The molecule has 24 heavy (non-hydrogen) atoms. The van der Waals surface area contributed by atoms with E-state index in [9.17, 15) is 4.79 Å². The van der Waals surface area contributed by atoms with E-state index in [0.29, 0.717) is 5.69 Å². The Hall–Kier alpha value is -1.75. The van der Waals surface area contributed by atoms with Gasteiger partial charge in [-0.05, 0) is 30.7 Å². The van der Waals surface area contributed by atoms with Crippen LogP contribution in [-0.2, 0) is 0 Å². The largest absolute Gasteiger partial charge is 0.370 e. The van der Waals surface area contributed by atoms with Crippen LogP contribution in [0.3, 0.4) is 0 Å². The van der Waals surface area contributed by atoms with E-state index >= 15 is 0 Å². The zero-order chi connectivity index (χ0) is 17.1. The smallest absolute Gasteiger partial charge is 0.258 e. The molecule has 1 heterocycles. The highest BCUT2D eigenvalue weighted by molar-refractivity contribution is 6.46. The first-order chi connectivity index (χ1) is 11.6. The van der Waals surface area contributed by atoms with Gasteiger partial charge in [0.15, 0.2) is 0 Å². The number of amidine groups is 1. The van der Waals surface area contributed by atoms with E-state index in [0.717, 1.165) is 30.9 Å². The van der Waals surface area contributed by atoms with Crippen molar-refractivity contribution in [3.05, 3.63) is 62.6 Å². The fourth-order valence-corrected chi connectivity index (χ4v) is 3.13. The molecular formula is C17H14Cl3N3O. The predicted molar refractivity (Wildman–Crippen MR) is 99.9 cm³/mol. The number of aliphatic imine (C=N–C) groups is 1. The Morgan fingerprint density at radius 2 is 1.83 bits per heavy atom. The number of nitrogens with one attached hydrogen (secondary N) is 2. The first kappa shape index (κ1) is 17.1. The van der Waals surface area contributed by atoms with E-state index in [4.69, 9.17) is 34.8 Å². The fourth-order valence-electron chi connectivity index (χ4n) is 2.43. The average Bonchev–Trinajstić information content (AvgIpc) is 2.60. The molecule has 0 saturated heterocycles. The molecule has 0 atom stereocenters. The van der Waals surface area contributed by atoms with Gasteiger partial charge in [0.2, 0.25) is 0 Å². The molecule has 0 aromatic heterocycles. The lowest BCUT2D eigenvalue weighted by molar-refractivity contribution is 0.102. The minimum Gasteiger partial charge on any atom is -0.370 e. The van der Waals surface area contributed by atoms with Crippen molar-refractivity contribution in [2.45, 2.75) is 6.42 Å². The normalized spacial score (nSPS) is 13.9. The number of anilines is 1. The maximum Gasteiger partial charge on any atom is 0.258 e. The van der Waals surface area contributed by atoms with E-state index < -0.39 is 5.91 Å². The lowest BCUT2D eigenvalue weighted by Crippen LogP contribution is -2.31. The molecule has 1 amide bonds. The SMILES string of the molecule is O=C(Nc1ccccc1C1=NCCCN1)c1c(Cl)ccc(Cl)c1Cl. The van der Waals surface area contributed by atoms with Gasteiger partial charge in [-0.2, -0.15) is 0 Å². The number of para-hydroxylation sites is 1. The Kier molecular flexibility index (Phi) is 5.29. The van der Waals surface area contributed by atoms with Crippen LogP contribution in [0.2, 0.25) is 15.1 Å². The van der Waals surface area contributed by atoms with Gasteiger partial charge < -0.3 is 10.6 Å². The second-order valence-electron chi connectivity index (χ2n) is 5.23. The summed E-state index contributed by atoms with van der Waals surface area (Å²) < 4.78 is 0. The van der Waals surface area contributed by atoms with E-state index in [1.807, 2.05) is 18.2 Å². The molecule has 124 valence electrons. The summed E-state index contributed by atoms with van der Waals surface area (Å²) >= 11 is 18.2. The summed E-state index contributed by atoms with van der Waals surface area (Å²) in [5, 5.41) is 6.74. The summed E-state index contributed by atoms with van der Waals surface area (Å²) in [6.07, 6.45) is 0.992. The van der Waals surface area contributed by atoms with Crippen LogP contribution in [0, 0.1) is 0 Å². The number of nitrogens with zero attached hydrogens (tertiary/aromatic N) is 1. The number of carbonyl (C=O) groups is 1. The number of amides is 1. The molecule has 2 N–H and O–H groups in total. The van der Waals surface area contributed by atoms with Crippen molar-refractivity contribution in [1.29, 1.82) is 0 Å². The molecule has 1 aliphatic heterocycles. The molecule has 3 rings (SSSR count). The molecule has 0 aliphatic carbocycles. The molecule has 7 heteroatoms. The summed E-state index contributed by atoms with van der Waals surface area (Å²) in [5.41, 5.74) is 1.60. The highest BCUT2D eigenvalue weighted by Gasteiger charge is 2.19. The van der Waals surface area contributed by atoms with Gasteiger partial charge >= 0.3 is 0 Å². The van der Waals surface area contributed by atoms with Crippen LogP contribution < -0.4 is 10.6 Å². The van der Waals surface area contributed by atoms with Crippen molar-refractivity contribution in [1.82, 2.24) is 5.32 Å². The Labute approximate surface area is 154 Å². The van der Waals surface area contributed by atoms with E-state index in [-0.39, 0.29) is 20.6 Å². The van der Waals surface area contributed by atoms with Gasteiger partial charge in [-0.1, -0.05) is 46.9 Å².